The first kappa shape index (κ1) is 22.7. The lowest BCUT2D eigenvalue weighted by molar-refractivity contribution is 0.0240. The molecule has 1 saturated heterocycles. The van der Waals surface area contributed by atoms with Gasteiger partial charge in [-0.15, -0.1) is 0 Å². The fraction of sp³-hybridized carbons (Fsp3) is 0.667. The highest BCUT2D eigenvalue weighted by atomic mass is 79.9. The van der Waals surface area contributed by atoms with E-state index in [2.05, 4.69) is 26.1 Å². The third-order valence-corrected chi connectivity index (χ3v) is 8.84. The van der Waals surface area contributed by atoms with Crippen molar-refractivity contribution in [1.29, 1.82) is 0 Å². The Balaban J connectivity index is 1.64. The molecule has 162 valence electrons. The molecule has 1 heterocycles. The highest BCUT2D eigenvalue weighted by Crippen LogP contribution is 2.34. The summed E-state index contributed by atoms with van der Waals surface area (Å²) < 4.78 is 27.4. The fourth-order valence-electron chi connectivity index (χ4n) is 4.59. The Morgan fingerprint density at radius 2 is 1.69 bits per heavy atom. The standard InChI is InChI=1S/C21H32BrN3O3S/c1-2-16-29(27,28)25-14-12-24(13-15-25)21(10-4-3-5-11-21)17-23-20(26)18-6-8-19(22)9-7-18/h6-9H,2-5,10-17H2,1H3,(H,23,26). The molecular formula is C21H32BrN3O3S. The van der Waals surface area contributed by atoms with Crippen LogP contribution < -0.4 is 5.32 Å². The van der Waals surface area contributed by atoms with Crippen LogP contribution in [0.25, 0.3) is 0 Å². The van der Waals surface area contributed by atoms with Crippen LogP contribution in [-0.4, -0.2) is 67.5 Å². The van der Waals surface area contributed by atoms with E-state index < -0.39 is 10.0 Å². The number of nitrogens with one attached hydrogen (secondary N) is 1. The maximum Gasteiger partial charge on any atom is 0.251 e. The lowest BCUT2D eigenvalue weighted by Crippen LogP contribution is -2.62. The van der Waals surface area contributed by atoms with E-state index in [-0.39, 0.29) is 17.2 Å². The molecule has 0 aromatic heterocycles. The predicted molar refractivity (Wildman–Crippen MR) is 120 cm³/mol. The highest BCUT2D eigenvalue weighted by Gasteiger charge is 2.40. The molecule has 1 aromatic rings. The smallest absolute Gasteiger partial charge is 0.251 e. The Kier molecular flexibility index (Phi) is 7.75. The Labute approximate surface area is 183 Å². The maximum absolute atomic E-state index is 12.6. The Hall–Kier alpha value is -0.960. The number of piperazine rings is 1. The molecular weight excluding hydrogens is 454 g/mol. The average Bonchev–Trinajstić information content (AvgIpc) is 2.73. The molecule has 1 aliphatic carbocycles. The van der Waals surface area contributed by atoms with Gasteiger partial charge in [-0.2, -0.15) is 4.31 Å². The maximum atomic E-state index is 12.6. The third-order valence-electron chi connectivity index (χ3n) is 6.23. The zero-order chi connectivity index (χ0) is 20.9. The van der Waals surface area contributed by atoms with Gasteiger partial charge in [0.2, 0.25) is 10.0 Å². The number of nitrogens with zero attached hydrogens (tertiary/aromatic N) is 2. The molecule has 8 heteroatoms. The number of rotatable bonds is 7. The summed E-state index contributed by atoms with van der Waals surface area (Å²) in [5.41, 5.74) is 0.596. The van der Waals surface area contributed by atoms with E-state index in [9.17, 15) is 13.2 Å². The van der Waals surface area contributed by atoms with E-state index in [0.29, 0.717) is 31.6 Å². The van der Waals surface area contributed by atoms with Gasteiger partial charge in [-0.1, -0.05) is 42.1 Å². The quantitative estimate of drug-likeness (QED) is 0.643. The minimum absolute atomic E-state index is 0.0494. The van der Waals surface area contributed by atoms with E-state index in [1.54, 1.807) is 4.31 Å². The second-order valence-corrected chi connectivity index (χ2v) is 11.2. The molecule has 1 amide bonds. The van der Waals surface area contributed by atoms with Crippen LogP contribution in [0.5, 0.6) is 0 Å². The van der Waals surface area contributed by atoms with Crippen molar-refractivity contribution in [2.45, 2.75) is 51.0 Å². The summed E-state index contributed by atoms with van der Waals surface area (Å²) in [6.07, 6.45) is 6.29. The molecule has 1 N–H and O–H groups in total. The summed E-state index contributed by atoms with van der Waals surface area (Å²) in [7, 11) is -3.14. The number of carbonyl (C=O) groups is 1. The van der Waals surface area contributed by atoms with Gasteiger partial charge >= 0.3 is 0 Å². The second kappa shape index (κ2) is 9.90. The molecule has 1 aromatic carbocycles. The molecule has 0 spiro atoms. The third kappa shape index (κ3) is 5.60. The molecule has 29 heavy (non-hydrogen) atoms. The molecule has 2 aliphatic rings. The van der Waals surface area contributed by atoms with Gasteiger partial charge in [0.05, 0.1) is 5.75 Å². The first-order valence-electron chi connectivity index (χ1n) is 10.6. The number of benzene rings is 1. The van der Waals surface area contributed by atoms with Crippen molar-refractivity contribution in [1.82, 2.24) is 14.5 Å². The lowest BCUT2D eigenvalue weighted by atomic mass is 9.79. The van der Waals surface area contributed by atoms with Crippen LogP contribution >= 0.6 is 15.9 Å². The molecule has 6 nitrogen and oxygen atoms in total. The number of halogens is 1. The van der Waals surface area contributed by atoms with Crippen LogP contribution in [0.3, 0.4) is 0 Å². The number of hydrogen-bond donors (Lipinski definition) is 1. The summed E-state index contributed by atoms with van der Waals surface area (Å²) in [4.78, 5) is 15.1. The highest BCUT2D eigenvalue weighted by molar-refractivity contribution is 9.10. The van der Waals surface area contributed by atoms with Crippen molar-refractivity contribution in [2.75, 3.05) is 38.5 Å². The SMILES string of the molecule is CCCS(=O)(=O)N1CCN(C2(CNC(=O)c3ccc(Br)cc3)CCCCC2)CC1. The summed E-state index contributed by atoms with van der Waals surface area (Å²) in [5, 5.41) is 3.16. The van der Waals surface area contributed by atoms with E-state index in [1.165, 1.54) is 6.42 Å². The molecule has 2 fully saturated rings. The van der Waals surface area contributed by atoms with Gasteiger partial charge in [0, 0.05) is 48.3 Å². The van der Waals surface area contributed by atoms with Gasteiger partial charge < -0.3 is 5.32 Å². The van der Waals surface area contributed by atoms with Gasteiger partial charge in [-0.05, 0) is 43.5 Å². The summed E-state index contributed by atoms with van der Waals surface area (Å²) in [5.74, 6) is 0.174. The van der Waals surface area contributed by atoms with Crippen LogP contribution in [0.1, 0.15) is 55.8 Å². The van der Waals surface area contributed by atoms with Gasteiger partial charge in [0.1, 0.15) is 0 Å². The first-order valence-corrected chi connectivity index (χ1v) is 13.0. The van der Waals surface area contributed by atoms with Gasteiger partial charge in [-0.3, -0.25) is 9.69 Å². The van der Waals surface area contributed by atoms with Crippen LogP contribution in [0.2, 0.25) is 0 Å². The topological polar surface area (TPSA) is 69.7 Å². The number of amides is 1. The molecule has 3 rings (SSSR count). The summed E-state index contributed by atoms with van der Waals surface area (Å²) in [6, 6.07) is 7.40. The van der Waals surface area contributed by atoms with Crippen LogP contribution in [0.4, 0.5) is 0 Å². The Bertz CT molecular complexity index is 784. The van der Waals surface area contributed by atoms with Crippen molar-refractivity contribution in [2.24, 2.45) is 0 Å². The second-order valence-electron chi connectivity index (χ2n) is 8.18. The largest absolute Gasteiger partial charge is 0.350 e. The summed E-state index contributed by atoms with van der Waals surface area (Å²) in [6.45, 7) is 5.08. The van der Waals surface area contributed by atoms with Crippen molar-refractivity contribution in [3.05, 3.63) is 34.3 Å². The molecule has 0 radical (unpaired) electrons. The normalized spacial score (nSPS) is 21.0. The van der Waals surface area contributed by atoms with Gasteiger partial charge in [-0.25, -0.2) is 8.42 Å². The molecule has 1 saturated carbocycles. The Morgan fingerprint density at radius 3 is 2.28 bits per heavy atom. The molecule has 0 bridgehead atoms. The number of hydrogen-bond acceptors (Lipinski definition) is 4. The first-order chi connectivity index (χ1) is 13.9. The van der Waals surface area contributed by atoms with Crippen LogP contribution in [-0.2, 0) is 10.0 Å². The minimum atomic E-state index is -3.14. The number of sulfonamides is 1. The van der Waals surface area contributed by atoms with Crippen LogP contribution in [0.15, 0.2) is 28.7 Å². The van der Waals surface area contributed by atoms with E-state index in [4.69, 9.17) is 0 Å². The molecule has 0 unspecified atom stereocenters. The monoisotopic (exact) mass is 485 g/mol. The van der Waals surface area contributed by atoms with Crippen molar-refractivity contribution < 1.29 is 13.2 Å². The molecule has 0 atom stereocenters. The van der Waals surface area contributed by atoms with Crippen molar-refractivity contribution in [3.63, 3.8) is 0 Å². The van der Waals surface area contributed by atoms with E-state index >= 15 is 0 Å². The van der Waals surface area contributed by atoms with Crippen molar-refractivity contribution in [3.8, 4) is 0 Å². The van der Waals surface area contributed by atoms with E-state index in [0.717, 1.165) is 43.2 Å². The van der Waals surface area contributed by atoms with Crippen molar-refractivity contribution >= 4 is 31.9 Å². The predicted octanol–water partition coefficient (Wildman–Crippen LogP) is 3.24. The van der Waals surface area contributed by atoms with Gasteiger partial charge in [0.15, 0.2) is 0 Å². The fourth-order valence-corrected chi connectivity index (χ4v) is 6.35. The lowest BCUT2D eigenvalue weighted by Gasteiger charge is -2.49. The Morgan fingerprint density at radius 1 is 1.07 bits per heavy atom. The zero-order valence-corrected chi connectivity index (χ0v) is 19.6. The van der Waals surface area contributed by atoms with Gasteiger partial charge in [0.25, 0.3) is 5.91 Å². The van der Waals surface area contributed by atoms with E-state index in [1.807, 2.05) is 31.2 Å². The minimum Gasteiger partial charge on any atom is -0.350 e. The average molecular weight is 486 g/mol. The zero-order valence-electron chi connectivity index (χ0n) is 17.2. The molecule has 1 aliphatic heterocycles. The summed E-state index contributed by atoms with van der Waals surface area (Å²) >= 11 is 3.40. The number of carbonyl (C=O) groups excluding carboxylic acids is 1. The van der Waals surface area contributed by atoms with Crippen LogP contribution in [0, 0.1) is 0 Å².